The summed E-state index contributed by atoms with van der Waals surface area (Å²) in [6, 6.07) is 51.2. The van der Waals surface area contributed by atoms with E-state index in [0.717, 1.165) is 75.5 Å². The molecule has 11 aromatic rings. The molecule has 0 atom stereocenters. The van der Waals surface area contributed by atoms with E-state index in [1.165, 1.54) is 57.5 Å². The van der Waals surface area contributed by atoms with Crippen LogP contribution >= 0.6 is 22.7 Å². The molecule has 1 fully saturated rings. The third-order valence-corrected chi connectivity index (χ3v) is 14.8. The summed E-state index contributed by atoms with van der Waals surface area (Å²) < 4.78 is 9.69. The predicted molar refractivity (Wildman–Crippen MR) is 236 cm³/mol. The quantitative estimate of drug-likeness (QED) is 0.180. The minimum atomic E-state index is 0.122. The van der Waals surface area contributed by atoms with E-state index in [4.69, 9.17) is 0 Å². The molecule has 0 bridgehead atoms. The molecule has 4 nitrogen and oxygen atoms in total. The van der Waals surface area contributed by atoms with Crippen molar-refractivity contribution in [3.05, 3.63) is 144 Å². The maximum Gasteiger partial charge on any atom is 0.102 e. The monoisotopic (exact) mass is 752 g/mol. The van der Waals surface area contributed by atoms with Gasteiger partial charge in [-0.1, -0.05) is 104 Å². The standard InChI is InChI=1S/C50H32N4S2/c51-27-36-42(53-38-18-8-4-16-34(38)47-40(53)24-22-32-30-14-6-10-20-44(30)55-49(32)47)26-43(37(28-52)46(36)29-12-2-1-3-13-29)54-39-19-9-5-17-35(39)48-41(54)25-23-33-31-15-7-11-21-45(31)56-50(33)48/h4-11,14-26,29H,1-3,12-13H2. The van der Waals surface area contributed by atoms with Gasteiger partial charge in [-0.3, -0.25) is 0 Å². The average molecular weight is 753 g/mol. The number of para-hydroxylation sites is 2. The molecule has 6 heteroatoms. The van der Waals surface area contributed by atoms with Crippen molar-refractivity contribution in [1.29, 1.82) is 10.5 Å². The Hall–Kier alpha value is -6.44. The van der Waals surface area contributed by atoms with Crippen molar-refractivity contribution >= 4 is 107 Å². The van der Waals surface area contributed by atoms with Gasteiger partial charge < -0.3 is 9.13 Å². The first-order valence-electron chi connectivity index (χ1n) is 19.4. The van der Waals surface area contributed by atoms with E-state index >= 15 is 0 Å². The van der Waals surface area contributed by atoms with Gasteiger partial charge in [0.2, 0.25) is 0 Å². The number of rotatable bonds is 3. The molecule has 0 spiro atoms. The first kappa shape index (κ1) is 31.9. The Morgan fingerprint density at radius 1 is 0.464 bits per heavy atom. The Labute approximate surface area is 330 Å². The zero-order valence-corrected chi connectivity index (χ0v) is 32.0. The minimum absolute atomic E-state index is 0.122. The smallest absolute Gasteiger partial charge is 0.102 e. The summed E-state index contributed by atoms with van der Waals surface area (Å²) in [7, 11) is 0. The fourth-order valence-corrected chi connectivity index (χ4v) is 12.6. The summed E-state index contributed by atoms with van der Waals surface area (Å²) in [5.74, 6) is 0.122. The van der Waals surface area contributed by atoms with Crippen molar-refractivity contribution < 1.29 is 0 Å². The van der Waals surface area contributed by atoms with Crippen molar-refractivity contribution in [1.82, 2.24) is 9.13 Å². The van der Waals surface area contributed by atoms with Gasteiger partial charge in [0, 0.05) is 61.9 Å². The van der Waals surface area contributed by atoms with Gasteiger partial charge in [-0.05, 0) is 66.8 Å². The molecule has 0 unspecified atom stereocenters. The molecule has 1 aliphatic rings. The first-order valence-corrected chi connectivity index (χ1v) is 21.1. The van der Waals surface area contributed by atoms with E-state index in [-0.39, 0.29) is 5.92 Å². The molecule has 56 heavy (non-hydrogen) atoms. The van der Waals surface area contributed by atoms with Gasteiger partial charge in [0.25, 0.3) is 0 Å². The van der Waals surface area contributed by atoms with E-state index in [2.05, 4.69) is 149 Å². The molecule has 264 valence electrons. The fraction of sp³-hybridized carbons (Fsp3) is 0.120. The van der Waals surface area contributed by atoms with Crippen molar-refractivity contribution in [2.75, 3.05) is 0 Å². The van der Waals surface area contributed by atoms with E-state index in [0.29, 0.717) is 11.1 Å². The van der Waals surface area contributed by atoms with E-state index in [9.17, 15) is 10.5 Å². The highest BCUT2D eigenvalue weighted by molar-refractivity contribution is 7.27. The molecule has 12 rings (SSSR count). The maximum absolute atomic E-state index is 11.3. The lowest BCUT2D eigenvalue weighted by Gasteiger charge is -2.27. The van der Waals surface area contributed by atoms with Crippen molar-refractivity contribution in [3.8, 4) is 23.5 Å². The lowest BCUT2D eigenvalue weighted by molar-refractivity contribution is 0.442. The van der Waals surface area contributed by atoms with Crippen molar-refractivity contribution in [2.24, 2.45) is 0 Å². The molecule has 0 N–H and O–H groups in total. The van der Waals surface area contributed by atoms with Crippen LogP contribution in [0.1, 0.15) is 54.7 Å². The predicted octanol–water partition coefficient (Wildman–Crippen LogP) is 14.4. The van der Waals surface area contributed by atoms with Crippen molar-refractivity contribution in [2.45, 2.75) is 38.0 Å². The highest BCUT2D eigenvalue weighted by atomic mass is 32.1. The summed E-state index contributed by atoms with van der Waals surface area (Å²) in [6.45, 7) is 0. The van der Waals surface area contributed by atoms with Gasteiger partial charge in [-0.25, -0.2) is 0 Å². The maximum atomic E-state index is 11.3. The molecular formula is C50H32N4S2. The van der Waals surface area contributed by atoms with Crippen LogP contribution in [-0.2, 0) is 0 Å². The Morgan fingerprint density at radius 3 is 1.39 bits per heavy atom. The van der Waals surface area contributed by atoms with Crippen molar-refractivity contribution in [3.63, 3.8) is 0 Å². The number of nitrogens with zero attached hydrogens (tertiary/aromatic N) is 4. The molecule has 0 aliphatic heterocycles. The summed E-state index contributed by atoms with van der Waals surface area (Å²) in [5, 5.41) is 32.5. The van der Waals surface area contributed by atoms with Crippen LogP contribution in [0.3, 0.4) is 0 Å². The molecule has 7 aromatic carbocycles. The number of thiophene rings is 2. The third-order valence-electron chi connectivity index (χ3n) is 12.4. The summed E-state index contributed by atoms with van der Waals surface area (Å²) in [6.07, 6.45) is 5.31. The van der Waals surface area contributed by atoms with E-state index in [1.807, 2.05) is 22.7 Å². The number of hydrogen-bond acceptors (Lipinski definition) is 4. The molecule has 1 aliphatic carbocycles. The summed E-state index contributed by atoms with van der Waals surface area (Å²) >= 11 is 3.68. The van der Waals surface area contributed by atoms with Gasteiger partial charge >= 0.3 is 0 Å². The van der Waals surface area contributed by atoms with Crippen LogP contribution in [0.4, 0.5) is 0 Å². The first-order chi connectivity index (χ1) is 27.7. The second-order valence-electron chi connectivity index (χ2n) is 15.2. The van der Waals surface area contributed by atoms with Gasteiger partial charge in [0.05, 0.1) is 44.6 Å². The van der Waals surface area contributed by atoms with Gasteiger partial charge in [-0.15, -0.1) is 22.7 Å². The normalized spacial score (nSPS) is 14.0. The largest absolute Gasteiger partial charge is 0.308 e. The van der Waals surface area contributed by atoms with Crippen LogP contribution < -0.4 is 0 Å². The molecule has 4 aromatic heterocycles. The SMILES string of the molecule is N#Cc1c(-n2c3ccccc3c3c4sc5ccccc5c4ccc32)cc(-n2c3ccccc3c3c4sc5ccccc5c4ccc32)c(C#N)c1C1CCCCC1. The van der Waals surface area contributed by atoms with Crippen LogP contribution in [0.15, 0.2) is 127 Å². The Bertz CT molecular complexity index is 3330. The zero-order valence-electron chi connectivity index (χ0n) is 30.3. The number of aromatic nitrogens is 2. The zero-order chi connectivity index (χ0) is 37.1. The van der Waals surface area contributed by atoms with E-state index < -0.39 is 0 Å². The molecule has 0 saturated heterocycles. The van der Waals surface area contributed by atoms with Gasteiger partial charge in [0.15, 0.2) is 0 Å². The number of hydrogen-bond donors (Lipinski definition) is 0. The van der Waals surface area contributed by atoms with Crippen LogP contribution in [0.2, 0.25) is 0 Å². The molecule has 0 amide bonds. The lowest BCUT2D eigenvalue weighted by Crippen LogP contribution is -2.14. The van der Waals surface area contributed by atoms with Crippen LogP contribution in [0.5, 0.6) is 0 Å². The topological polar surface area (TPSA) is 57.4 Å². The number of fused-ring (bicyclic) bond motifs is 14. The van der Waals surface area contributed by atoms with Crippen LogP contribution in [-0.4, -0.2) is 9.13 Å². The summed E-state index contributed by atoms with van der Waals surface area (Å²) in [5.41, 5.74) is 8.07. The average Bonchev–Trinajstić information content (AvgIpc) is 4.00. The Balaban J connectivity index is 1.25. The Morgan fingerprint density at radius 2 is 0.911 bits per heavy atom. The second kappa shape index (κ2) is 12.0. The Kier molecular flexibility index (Phi) is 6.84. The molecule has 4 heterocycles. The van der Waals surface area contributed by atoms with Gasteiger partial charge in [-0.2, -0.15) is 10.5 Å². The van der Waals surface area contributed by atoms with Crippen LogP contribution in [0, 0.1) is 22.7 Å². The molecule has 1 saturated carbocycles. The van der Waals surface area contributed by atoms with E-state index in [1.54, 1.807) is 0 Å². The van der Waals surface area contributed by atoms with Crippen LogP contribution in [0.25, 0.3) is 95.3 Å². The second-order valence-corrected chi connectivity index (χ2v) is 17.3. The number of nitriles is 2. The highest BCUT2D eigenvalue weighted by Crippen LogP contribution is 2.48. The third kappa shape index (κ3) is 4.26. The lowest BCUT2D eigenvalue weighted by atomic mass is 9.79. The minimum Gasteiger partial charge on any atom is -0.308 e. The number of benzene rings is 7. The molecule has 0 radical (unpaired) electrons. The summed E-state index contributed by atoms with van der Waals surface area (Å²) in [4.78, 5) is 0. The van der Waals surface area contributed by atoms with Gasteiger partial charge in [0.1, 0.15) is 12.1 Å². The highest BCUT2D eigenvalue weighted by Gasteiger charge is 2.30. The fourth-order valence-electron chi connectivity index (χ4n) is 10.1. The molecular weight excluding hydrogens is 721 g/mol.